The monoisotopic (exact) mass is 176 g/mol. The molecule has 2 nitrogen and oxygen atoms in total. The molecule has 0 aromatic rings. The third kappa shape index (κ3) is 17.7. The van der Waals surface area contributed by atoms with Crippen LogP contribution in [-0.2, 0) is 0 Å². The second-order valence-electron chi connectivity index (χ2n) is 2.16. The molecule has 0 atom stereocenters. The van der Waals surface area contributed by atoms with Crippen molar-refractivity contribution in [3.8, 4) is 0 Å². The average Bonchev–Trinajstić information content (AvgIpc) is 1.61. The van der Waals surface area contributed by atoms with Crippen LogP contribution >= 0.6 is 0 Å². The van der Waals surface area contributed by atoms with Crippen LogP contribution in [0.1, 0.15) is 6.42 Å². The largest absolute Gasteiger partial charge is 1.00 e. The summed E-state index contributed by atoms with van der Waals surface area (Å²) in [5.41, 5.74) is 3.74. The lowest BCUT2D eigenvalue weighted by Crippen LogP contribution is -3.05. The van der Waals surface area contributed by atoms with Crippen LogP contribution in [0.4, 0.5) is 0 Å². The second-order valence-corrected chi connectivity index (χ2v) is 2.16. The summed E-state index contributed by atoms with van der Waals surface area (Å²) in [5.74, 6) is 0. The van der Waals surface area contributed by atoms with Gasteiger partial charge in [-0.2, -0.15) is 0 Å². The van der Waals surface area contributed by atoms with Gasteiger partial charge in [-0.05, 0) is 0 Å². The fraction of sp³-hybridized carbons (Fsp3) is 1.00. The van der Waals surface area contributed by atoms with Gasteiger partial charge in [0.25, 0.3) is 0 Å². The van der Waals surface area contributed by atoms with Gasteiger partial charge in [0.05, 0.1) is 27.2 Å². The molecule has 0 spiro atoms. The number of halogens is 2. The minimum Gasteiger partial charge on any atom is -1.00 e. The topological polar surface area (TPSA) is 32.1 Å². The predicted octanol–water partition coefficient (Wildman–Crippen LogP) is -8.23. The van der Waals surface area contributed by atoms with Gasteiger partial charge in [0.2, 0.25) is 0 Å². The van der Waals surface area contributed by atoms with E-state index in [2.05, 4.69) is 19.8 Å². The van der Waals surface area contributed by atoms with Gasteiger partial charge in [-0.25, -0.2) is 0 Å². The minimum absolute atomic E-state index is 0. The van der Waals surface area contributed by atoms with Gasteiger partial charge in [-0.3, -0.25) is 0 Å². The van der Waals surface area contributed by atoms with Crippen LogP contribution < -0.4 is 35.4 Å². The molecule has 0 fully saturated rings. The van der Waals surface area contributed by atoms with Gasteiger partial charge < -0.3 is 35.4 Å². The number of quaternary nitrogens is 2. The van der Waals surface area contributed by atoms with Crippen molar-refractivity contribution in [2.24, 2.45) is 0 Å². The van der Waals surface area contributed by atoms with Gasteiger partial charge >= 0.3 is 0 Å². The van der Waals surface area contributed by atoms with Crippen molar-refractivity contribution in [3.63, 3.8) is 0 Å². The Kier molecular flexibility index (Phi) is 20.4. The molecule has 60 valence electrons. The molecule has 0 aliphatic carbocycles. The normalized spacial score (nSPS) is 8.00. The van der Waals surface area contributed by atoms with Crippen LogP contribution in [0.25, 0.3) is 0 Å². The van der Waals surface area contributed by atoms with E-state index in [1.54, 1.807) is 0 Å². The SMILES string of the molecule is C[NH+](C)CC[14CH2][NH3+].[Cl-].[Cl-]. The molecule has 0 aliphatic rings. The summed E-state index contributed by atoms with van der Waals surface area (Å²) in [5, 5.41) is 0. The molecule has 0 bridgehead atoms. The molecule has 4 heteroatoms. The Bertz CT molecular complexity index is 41.9. The fourth-order valence-corrected chi connectivity index (χ4v) is 0.479. The van der Waals surface area contributed by atoms with Crippen LogP contribution in [0.15, 0.2) is 0 Å². The lowest BCUT2D eigenvalue weighted by atomic mass is 10.6. The Labute approximate surface area is 69.6 Å². The second kappa shape index (κ2) is 11.3. The van der Waals surface area contributed by atoms with Crippen molar-refractivity contribution >= 4 is 0 Å². The standard InChI is InChI=1S/C5H14N2.2ClH/c1-7(2)5-3-4-6;;/h3-6H2,1-2H3;2*1H/i4+2;;. The number of nitrogens with one attached hydrogen (secondary N) is 1. The third-order valence-electron chi connectivity index (χ3n) is 0.927. The molecule has 0 rings (SSSR count). The van der Waals surface area contributed by atoms with Gasteiger partial charge in [-0.1, -0.05) is 0 Å². The molecule has 0 unspecified atom stereocenters. The van der Waals surface area contributed by atoms with E-state index in [9.17, 15) is 0 Å². The van der Waals surface area contributed by atoms with E-state index >= 15 is 0 Å². The molecular formula is C5H16Cl2N2. The lowest BCUT2D eigenvalue weighted by Gasteiger charge is -2.02. The number of hydrogen-bond acceptors (Lipinski definition) is 0. The maximum absolute atomic E-state index is 3.74. The summed E-state index contributed by atoms with van der Waals surface area (Å²) < 4.78 is 0. The van der Waals surface area contributed by atoms with Crippen LogP contribution in [0.2, 0.25) is 0 Å². The molecule has 0 aliphatic heterocycles. The lowest BCUT2D eigenvalue weighted by molar-refractivity contribution is -0.859. The first-order valence-corrected chi connectivity index (χ1v) is 2.85. The van der Waals surface area contributed by atoms with Gasteiger partial charge in [0, 0.05) is 6.42 Å². The highest BCUT2D eigenvalue weighted by Gasteiger charge is 1.89. The summed E-state index contributed by atoms with van der Waals surface area (Å²) in [7, 11) is 4.32. The summed E-state index contributed by atoms with van der Waals surface area (Å²) in [6, 6.07) is 0. The predicted molar refractivity (Wildman–Crippen MR) is 30.0 cm³/mol. The Morgan fingerprint density at radius 3 is 1.89 bits per heavy atom. The summed E-state index contributed by atoms with van der Waals surface area (Å²) in [6.07, 6.45) is 1.25. The Morgan fingerprint density at radius 1 is 1.33 bits per heavy atom. The van der Waals surface area contributed by atoms with Crippen molar-refractivity contribution in [2.75, 3.05) is 27.2 Å². The van der Waals surface area contributed by atoms with E-state index in [0.717, 1.165) is 6.54 Å². The zero-order chi connectivity index (χ0) is 5.70. The van der Waals surface area contributed by atoms with Gasteiger partial charge in [0.15, 0.2) is 0 Å². The van der Waals surface area contributed by atoms with Crippen molar-refractivity contribution in [2.45, 2.75) is 6.42 Å². The summed E-state index contributed by atoms with van der Waals surface area (Å²) >= 11 is 0. The van der Waals surface area contributed by atoms with Crippen molar-refractivity contribution in [3.05, 3.63) is 0 Å². The molecular weight excluding hydrogens is 161 g/mol. The van der Waals surface area contributed by atoms with E-state index in [-0.39, 0.29) is 24.8 Å². The van der Waals surface area contributed by atoms with Crippen molar-refractivity contribution in [1.29, 1.82) is 0 Å². The highest BCUT2D eigenvalue weighted by Crippen LogP contribution is 1.56. The quantitative estimate of drug-likeness (QED) is 0.429. The number of rotatable bonds is 3. The first-order chi connectivity index (χ1) is 3.27. The highest BCUT2D eigenvalue weighted by molar-refractivity contribution is 4.22. The smallest absolute Gasteiger partial charge is 0.0821 e. The average molecular weight is 177 g/mol. The Morgan fingerprint density at radius 2 is 1.78 bits per heavy atom. The zero-order valence-electron chi connectivity index (χ0n) is 6.08. The van der Waals surface area contributed by atoms with E-state index in [1.165, 1.54) is 17.9 Å². The maximum atomic E-state index is 3.74. The molecule has 0 saturated carbocycles. The van der Waals surface area contributed by atoms with Gasteiger partial charge in [-0.15, -0.1) is 0 Å². The first-order valence-electron chi connectivity index (χ1n) is 2.85. The van der Waals surface area contributed by atoms with Crippen LogP contribution in [0.3, 0.4) is 0 Å². The zero-order valence-corrected chi connectivity index (χ0v) is 7.60. The van der Waals surface area contributed by atoms with E-state index < -0.39 is 0 Å². The molecule has 0 saturated heterocycles. The molecule has 4 N–H and O–H groups in total. The van der Waals surface area contributed by atoms with Crippen molar-refractivity contribution < 1.29 is 35.4 Å². The van der Waals surface area contributed by atoms with E-state index in [4.69, 9.17) is 0 Å². The van der Waals surface area contributed by atoms with E-state index in [1.807, 2.05) is 0 Å². The third-order valence-corrected chi connectivity index (χ3v) is 0.927. The van der Waals surface area contributed by atoms with Crippen LogP contribution in [0, 0.1) is 0 Å². The Hall–Kier alpha value is 0.500. The summed E-state index contributed by atoms with van der Waals surface area (Å²) in [6.45, 7) is 2.33. The molecule has 0 aromatic heterocycles. The molecule has 0 amide bonds. The van der Waals surface area contributed by atoms with Crippen LogP contribution in [-0.4, -0.2) is 27.2 Å². The maximum Gasteiger partial charge on any atom is 0.0821 e. The van der Waals surface area contributed by atoms with E-state index in [0.29, 0.717) is 0 Å². The highest BCUT2D eigenvalue weighted by atomic mass is 35.5. The Balaban J connectivity index is -0.000000180. The molecule has 9 heavy (non-hydrogen) atoms. The fourth-order valence-electron chi connectivity index (χ4n) is 0.479. The molecule has 0 aromatic carbocycles. The summed E-state index contributed by atoms with van der Waals surface area (Å²) in [4.78, 5) is 1.52. The van der Waals surface area contributed by atoms with Crippen LogP contribution in [0.5, 0.6) is 0 Å². The molecule has 0 radical (unpaired) electrons. The van der Waals surface area contributed by atoms with Crippen molar-refractivity contribution in [1.82, 2.24) is 0 Å². The first kappa shape index (κ1) is 16.2. The number of hydrogen-bond donors (Lipinski definition) is 2. The minimum atomic E-state index is 0. The molecule has 0 heterocycles. The van der Waals surface area contributed by atoms with Gasteiger partial charge in [0.1, 0.15) is 0 Å².